The molecule has 0 spiro atoms. The van der Waals surface area contributed by atoms with Crippen LogP contribution in [0.3, 0.4) is 0 Å². The Morgan fingerprint density at radius 2 is 1.71 bits per heavy atom. The van der Waals surface area contributed by atoms with Crippen molar-refractivity contribution in [2.75, 3.05) is 59.9 Å². The lowest BCUT2D eigenvalue weighted by molar-refractivity contribution is -0.126. The van der Waals surface area contributed by atoms with Gasteiger partial charge in [-0.15, -0.1) is 0 Å². The first-order chi connectivity index (χ1) is 15.0. The minimum Gasteiger partial charge on any atom is -0.356 e. The Bertz CT molecular complexity index is 655. The number of nitrogens with one attached hydrogen (secondary N) is 2. The highest BCUT2D eigenvalue weighted by Crippen LogP contribution is 2.19. The molecule has 0 radical (unpaired) electrons. The Balaban J connectivity index is 1.70. The predicted molar refractivity (Wildman–Crippen MR) is 126 cm³/mol. The van der Waals surface area contributed by atoms with Crippen LogP contribution in [0.15, 0.2) is 30.3 Å². The topological polar surface area (TPSA) is 67.9 Å². The largest absolute Gasteiger partial charge is 0.356 e. The summed E-state index contributed by atoms with van der Waals surface area (Å²) >= 11 is 0. The molecular weight excluding hydrogens is 390 g/mol. The highest BCUT2D eigenvalue weighted by molar-refractivity contribution is 5.79. The van der Waals surface area contributed by atoms with Crippen molar-refractivity contribution in [3.8, 4) is 0 Å². The lowest BCUT2D eigenvalue weighted by atomic mass is 9.96. The summed E-state index contributed by atoms with van der Waals surface area (Å²) in [6, 6.07) is 10.3. The van der Waals surface area contributed by atoms with E-state index in [9.17, 15) is 9.59 Å². The van der Waals surface area contributed by atoms with Crippen molar-refractivity contribution in [3.05, 3.63) is 35.9 Å². The SMILES string of the molecule is CCN(CC)CCCNC(=O)C1CCN(C(=O)NCC(c2ccccc2)N(C)C)CC1. The molecule has 1 aromatic rings. The molecule has 0 aliphatic carbocycles. The molecule has 1 aliphatic heterocycles. The number of likely N-dealkylation sites (tertiary alicyclic amines) is 1. The van der Waals surface area contributed by atoms with Crippen LogP contribution in [0, 0.1) is 5.92 Å². The molecule has 2 rings (SSSR count). The molecule has 1 aromatic carbocycles. The molecule has 174 valence electrons. The average Bonchev–Trinajstić information content (AvgIpc) is 2.79. The second kappa shape index (κ2) is 13.3. The molecule has 31 heavy (non-hydrogen) atoms. The molecule has 3 amide bonds. The normalized spacial score (nSPS) is 15.9. The maximum atomic E-state index is 12.7. The maximum absolute atomic E-state index is 12.7. The third-order valence-electron chi connectivity index (χ3n) is 6.25. The van der Waals surface area contributed by atoms with Gasteiger partial charge in [0.2, 0.25) is 5.91 Å². The van der Waals surface area contributed by atoms with Crippen LogP contribution in [-0.2, 0) is 4.79 Å². The number of likely N-dealkylation sites (N-methyl/N-ethyl adjacent to an activating group) is 1. The number of rotatable bonds is 11. The van der Waals surface area contributed by atoms with Gasteiger partial charge in [0.05, 0.1) is 6.04 Å². The van der Waals surface area contributed by atoms with Crippen LogP contribution >= 0.6 is 0 Å². The Labute approximate surface area is 188 Å². The third kappa shape index (κ3) is 8.15. The zero-order chi connectivity index (χ0) is 22.6. The van der Waals surface area contributed by atoms with Crippen LogP contribution in [0.5, 0.6) is 0 Å². The molecule has 1 heterocycles. The molecule has 7 heteroatoms. The predicted octanol–water partition coefficient (Wildman–Crippen LogP) is 2.56. The van der Waals surface area contributed by atoms with E-state index in [0.29, 0.717) is 19.6 Å². The van der Waals surface area contributed by atoms with Crippen molar-refractivity contribution in [3.63, 3.8) is 0 Å². The number of piperidine rings is 1. The molecule has 0 saturated carbocycles. The van der Waals surface area contributed by atoms with Crippen molar-refractivity contribution >= 4 is 11.9 Å². The van der Waals surface area contributed by atoms with Crippen molar-refractivity contribution < 1.29 is 9.59 Å². The van der Waals surface area contributed by atoms with Gasteiger partial charge < -0.3 is 25.3 Å². The lowest BCUT2D eigenvalue weighted by Crippen LogP contribution is -2.48. The Morgan fingerprint density at radius 3 is 2.29 bits per heavy atom. The van der Waals surface area contributed by atoms with E-state index in [2.05, 4.69) is 46.4 Å². The Kier molecular flexibility index (Phi) is 10.8. The fraction of sp³-hybridized carbons (Fsp3) is 0.667. The molecule has 2 N–H and O–H groups in total. The summed E-state index contributed by atoms with van der Waals surface area (Å²) in [5.74, 6) is 0.146. The zero-order valence-electron chi connectivity index (χ0n) is 19.8. The van der Waals surface area contributed by atoms with Gasteiger partial charge in [-0.2, -0.15) is 0 Å². The number of carbonyl (C=O) groups is 2. The van der Waals surface area contributed by atoms with Crippen molar-refractivity contribution in [1.29, 1.82) is 0 Å². The van der Waals surface area contributed by atoms with E-state index >= 15 is 0 Å². The van der Waals surface area contributed by atoms with Gasteiger partial charge in [0.15, 0.2) is 0 Å². The van der Waals surface area contributed by atoms with E-state index < -0.39 is 0 Å². The summed E-state index contributed by atoms with van der Waals surface area (Å²) in [5.41, 5.74) is 1.18. The standard InChI is InChI=1S/C24H41N5O2/c1-5-28(6-2)16-10-15-25-23(30)21-13-17-29(18-14-21)24(31)26-19-22(27(3)4)20-11-8-7-9-12-20/h7-9,11-12,21-22H,5-6,10,13-19H2,1-4H3,(H,25,30)(H,26,31). The first-order valence-electron chi connectivity index (χ1n) is 11.7. The van der Waals surface area contributed by atoms with Crippen molar-refractivity contribution in [2.45, 2.75) is 39.2 Å². The molecular formula is C24H41N5O2. The number of nitrogens with zero attached hydrogens (tertiary/aromatic N) is 3. The summed E-state index contributed by atoms with van der Waals surface area (Å²) in [7, 11) is 4.05. The van der Waals surface area contributed by atoms with Crippen LogP contribution < -0.4 is 10.6 Å². The summed E-state index contributed by atoms with van der Waals surface area (Å²) in [4.78, 5) is 31.4. The van der Waals surface area contributed by atoms with E-state index in [-0.39, 0.29) is 23.9 Å². The number of hydrogen-bond acceptors (Lipinski definition) is 4. The molecule has 1 unspecified atom stereocenters. The molecule has 1 fully saturated rings. The van der Waals surface area contributed by atoms with Crippen molar-refractivity contribution in [2.24, 2.45) is 5.92 Å². The fourth-order valence-corrected chi connectivity index (χ4v) is 4.11. The first-order valence-corrected chi connectivity index (χ1v) is 11.7. The van der Waals surface area contributed by atoms with E-state index in [0.717, 1.165) is 45.4 Å². The molecule has 1 atom stereocenters. The molecule has 1 saturated heterocycles. The fourth-order valence-electron chi connectivity index (χ4n) is 4.11. The van der Waals surface area contributed by atoms with E-state index in [1.807, 2.05) is 37.2 Å². The van der Waals surface area contributed by atoms with Gasteiger partial charge in [-0.1, -0.05) is 44.2 Å². The number of hydrogen-bond donors (Lipinski definition) is 2. The summed E-state index contributed by atoms with van der Waals surface area (Å²) in [6.45, 7) is 9.97. The Morgan fingerprint density at radius 1 is 1.06 bits per heavy atom. The van der Waals surface area contributed by atoms with Gasteiger partial charge in [-0.05, 0) is 58.6 Å². The maximum Gasteiger partial charge on any atom is 0.317 e. The molecule has 1 aliphatic rings. The summed E-state index contributed by atoms with van der Waals surface area (Å²) < 4.78 is 0. The summed E-state index contributed by atoms with van der Waals surface area (Å²) in [6.07, 6.45) is 2.43. The second-order valence-electron chi connectivity index (χ2n) is 8.51. The van der Waals surface area contributed by atoms with Gasteiger partial charge in [0.25, 0.3) is 0 Å². The highest BCUT2D eigenvalue weighted by atomic mass is 16.2. The number of carbonyl (C=O) groups excluding carboxylic acids is 2. The zero-order valence-corrected chi connectivity index (χ0v) is 19.8. The third-order valence-corrected chi connectivity index (χ3v) is 6.25. The number of urea groups is 1. The van der Waals surface area contributed by atoms with Crippen LogP contribution in [0.25, 0.3) is 0 Å². The van der Waals surface area contributed by atoms with Crippen LogP contribution in [0.2, 0.25) is 0 Å². The highest BCUT2D eigenvalue weighted by Gasteiger charge is 2.27. The lowest BCUT2D eigenvalue weighted by Gasteiger charge is -2.32. The number of amides is 3. The molecule has 0 bridgehead atoms. The van der Waals surface area contributed by atoms with Gasteiger partial charge in [-0.3, -0.25) is 4.79 Å². The van der Waals surface area contributed by atoms with E-state index in [1.165, 1.54) is 5.56 Å². The molecule has 0 aromatic heterocycles. The van der Waals surface area contributed by atoms with Crippen LogP contribution in [0.1, 0.15) is 44.7 Å². The van der Waals surface area contributed by atoms with Gasteiger partial charge in [-0.25, -0.2) is 4.79 Å². The summed E-state index contributed by atoms with van der Waals surface area (Å²) in [5, 5.41) is 6.16. The van der Waals surface area contributed by atoms with Crippen LogP contribution in [-0.4, -0.2) is 86.5 Å². The molecule has 7 nitrogen and oxygen atoms in total. The van der Waals surface area contributed by atoms with E-state index in [1.54, 1.807) is 0 Å². The van der Waals surface area contributed by atoms with E-state index in [4.69, 9.17) is 0 Å². The average molecular weight is 432 g/mol. The van der Waals surface area contributed by atoms with Gasteiger partial charge >= 0.3 is 6.03 Å². The minimum atomic E-state index is -0.0409. The Hall–Kier alpha value is -2.12. The second-order valence-corrected chi connectivity index (χ2v) is 8.51. The van der Waals surface area contributed by atoms with Crippen LogP contribution in [0.4, 0.5) is 4.79 Å². The first kappa shape index (κ1) is 25.1. The smallest absolute Gasteiger partial charge is 0.317 e. The number of benzene rings is 1. The monoisotopic (exact) mass is 431 g/mol. The van der Waals surface area contributed by atoms with Crippen molar-refractivity contribution in [1.82, 2.24) is 25.3 Å². The van der Waals surface area contributed by atoms with Gasteiger partial charge in [0, 0.05) is 32.1 Å². The quantitative estimate of drug-likeness (QED) is 0.529. The minimum absolute atomic E-state index is 0.0105. The van der Waals surface area contributed by atoms with Gasteiger partial charge in [0.1, 0.15) is 0 Å².